The number of aromatic nitrogens is 2. The van der Waals surface area contributed by atoms with Gasteiger partial charge >= 0.3 is 0 Å². The third-order valence-electron chi connectivity index (χ3n) is 4.33. The predicted molar refractivity (Wildman–Crippen MR) is 87.5 cm³/mol. The largest absolute Gasteiger partial charge is 0.382 e. The van der Waals surface area contributed by atoms with Crippen LogP contribution in [0.15, 0.2) is 30.6 Å². The zero-order valence-electron chi connectivity index (χ0n) is 12.9. The second-order valence-corrected chi connectivity index (χ2v) is 6.16. The van der Waals surface area contributed by atoms with Gasteiger partial charge in [-0.05, 0) is 57.9 Å². The number of nitrogens with one attached hydrogen (secondary N) is 1. The lowest BCUT2D eigenvalue weighted by Gasteiger charge is -2.24. The number of hydrogen-bond acceptors (Lipinski definition) is 4. The molecule has 0 amide bonds. The molecule has 0 radical (unpaired) electrons. The average molecular weight is 284 g/mol. The SMILES string of the molecule is CC(C)N1CCCC(Nc2ccc3nccnc3c2)CC1. The van der Waals surface area contributed by atoms with E-state index in [1.807, 2.05) is 6.07 Å². The summed E-state index contributed by atoms with van der Waals surface area (Å²) in [4.78, 5) is 11.3. The van der Waals surface area contributed by atoms with Crippen LogP contribution in [0.2, 0.25) is 0 Å². The van der Waals surface area contributed by atoms with Crippen molar-refractivity contribution in [1.82, 2.24) is 14.9 Å². The summed E-state index contributed by atoms with van der Waals surface area (Å²) in [5.41, 5.74) is 3.07. The van der Waals surface area contributed by atoms with E-state index >= 15 is 0 Å². The first kappa shape index (κ1) is 14.3. The standard InChI is InChI=1S/C17H24N4/c1-13(2)21-10-3-4-14(7-11-21)20-15-5-6-16-17(12-15)19-9-8-18-16/h5-6,8-9,12-14,20H,3-4,7,10-11H2,1-2H3. The third kappa shape index (κ3) is 3.50. The van der Waals surface area contributed by atoms with E-state index in [0.29, 0.717) is 12.1 Å². The lowest BCUT2D eigenvalue weighted by Crippen LogP contribution is -2.32. The normalized spacial score (nSPS) is 20.6. The van der Waals surface area contributed by atoms with Gasteiger partial charge in [-0.1, -0.05) is 0 Å². The minimum Gasteiger partial charge on any atom is -0.382 e. The molecule has 1 aromatic heterocycles. The minimum atomic E-state index is 0.558. The number of rotatable bonds is 3. The van der Waals surface area contributed by atoms with Crippen LogP contribution in [-0.2, 0) is 0 Å². The number of fused-ring (bicyclic) bond motifs is 1. The van der Waals surface area contributed by atoms with Crippen molar-refractivity contribution in [2.75, 3.05) is 18.4 Å². The van der Waals surface area contributed by atoms with Crippen molar-refractivity contribution < 1.29 is 0 Å². The number of hydrogen-bond donors (Lipinski definition) is 1. The highest BCUT2D eigenvalue weighted by Crippen LogP contribution is 2.20. The van der Waals surface area contributed by atoms with E-state index in [-0.39, 0.29) is 0 Å². The fourth-order valence-electron chi connectivity index (χ4n) is 3.07. The predicted octanol–water partition coefficient (Wildman–Crippen LogP) is 3.30. The van der Waals surface area contributed by atoms with Crippen LogP contribution in [0.3, 0.4) is 0 Å². The summed E-state index contributed by atoms with van der Waals surface area (Å²) in [6.07, 6.45) is 7.20. The minimum absolute atomic E-state index is 0.558. The average Bonchev–Trinajstić information content (AvgIpc) is 2.73. The van der Waals surface area contributed by atoms with Gasteiger partial charge < -0.3 is 10.2 Å². The molecule has 3 rings (SSSR count). The number of anilines is 1. The van der Waals surface area contributed by atoms with Crippen LogP contribution in [0.5, 0.6) is 0 Å². The topological polar surface area (TPSA) is 41.0 Å². The van der Waals surface area contributed by atoms with Gasteiger partial charge in [-0.2, -0.15) is 0 Å². The Hall–Kier alpha value is -1.68. The van der Waals surface area contributed by atoms with Crippen LogP contribution >= 0.6 is 0 Å². The first-order valence-corrected chi connectivity index (χ1v) is 7.94. The fourth-order valence-corrected chi connectivity index (χ4v) is 3.07. The Labute approximate surface area is 126 Å². The van der Waals surface area contributed by atoms with E-state index in [2.05, 4.69) is 46.2 Å². The molecule has 1 fully saturated rings. The van der Waals surface area contributed by atoms with Crippen molar-refractivity contribution in [2.45, 2.75) is 45.2 Å². The van der Waals surface area contributed by atoms with Gasteiger partial charge in [-0.3, -0.25) is 9.97 Å². The molecule has 21 heavy (non-hydrogen) atoms. The molecule has 1 N–H and O–H groups in total. The molecule has 1 aliphatic heterocycles. The van der Waals surface area contributed by atoms with Gasteiger partial charge in [0, 0.05) is 36.7 Å². The van der Waals surface area contributed by atoms with Crippen molar-refractivity contribution >= 4 is 16.7 Å². The second kappa shape index (κ2) is 6.39. The molecule has 1 unspecified atom stereocenters. The van der Waals surface area contributed by atoms with Gasteiger partial charge in [0.05, 0.1) is 11.0 Å². The van der Waals surface area contributed by atoms with Crippen LogP contribution in [0, 0.1) is 0 Å². The molecule has 2 aromatic rings. The Bertz CT molecular complexity index is 596. The van der Waals surface area contributed by atoms with Crippen LogP contribution in [0.25, 0.3) is 11.0 Å². The summed E-state index contributed by atoms with van der Waals surface area (Å²) in [7, 11) is 0. The molecule has 4 heteroatoms. The maximum atomic E-state index is 4.38. The van der Waals surface area contributed by atoms with Gasteiger partial charge in [-0.25, -0.2) is 0 Å². The monoisotopic (exact) mass is 284 g/mol. The highest BCUT2D eigenvalue weighted by atomic mass is 15.1. The van der Waals surface area contributed by atoms with Gasteiger partial charge in [-0.15, -0.1) is 0 Å². The smallest absolute Gasteiger partial charge is 0.0907 e. The van der Waals surface area contributed by atoms with E-state index in [9.17, 15) is 0 Å². The molecular weight excluding hydrogens is 260 g/mol. The van der Waals surface area contributed by atoms with E-state index in [1.54, 1.807) is 12.4 Å². The summed E-state index contributed by atoms with van der Waals surface area (Å²) < 4.78 is 0. The number of nitrogens with zero attached hydrogens (tertiary/aromatic N) is 3. The summed E-state index contributed by atoms with van der Waals surface area (Å²) in [6, 6.07) is 7.47. The Morgan fingerprint density at radius 3 is 2.71 bits per heavy atom. The molecule has 4 nitrogen and oxygen atoms in total. The maximum absolute atomic E-state index is 4.38. The molecular formula is C17H24N4. The van der Waals surface area contributed by atoms with Crippen molar-refractivity contribution in [1.29, 1.82) is 0 Å². The van der Waals surface area contributed by atoms with Gasteiger partial charge in [0.1, 0.15) is 0 Å². The van der Waals surface area contributed by atoms with Crippen LogP contribution in [0.1, 0.15) is 33.1 Å². The molecule has 0 spiro atoms. The number of benzene rings is 1. The van der Waals surface area contributed by atoms with Gasteiger partial charge in [0.2, 0.25) is 0 Å². The molecule has 0 bridgehead atoms. The van der Waals surface area contributed by atoms with Crippen molar-refractivity contribution in [3.63, 3.8) is 0 Å². The lowest BCUT2D eigenvalue weighted by atomic mass is 10.1. The summed E-state index contributed by atoms with van der Waals surface area (Å²) in [5.74, 6) is 0. The van der Waals surface area contributed by atoms with E-state index in [4.69, 9.17) is 0 Å². The van der Waals surface area contributed by atoms with Crippen molar-refractivity contribution in [3.05, 3.63) is 30.6 Å². The zero-order valence-corrected chi connectivity index (χ0v) is 12.9. The molecule has 1 aliphatic rings. The molecule has 2 heterocycles. The molecule has 1 atom stereocenters. The van der Waals surface area contributed by atoms with E-state index in [0.717, 1.165) is 16.7 Å². The Morgan fingerprint density at radius 2 is 1.90 bits per heavy atom. The molecule has 1 aromatic carbocycles. The zero-order chi connectivity index (χ0) is 14.7. The first-order valence-electron chi connectivity index (χ1n) is 7.94. The van der Waals surface area contributed by atoms with Gasteiger partial charge in [0.15, 0.2) is 0 Å². The first-order chi connectivity index (χ1) is 10.2. The third-order valence-corrected chi connectivity index (χ3v) is 4.33. The van der Waals surface area contributed by atoms with Crippen molar-refractivity contribution in [3.8, 4) is 0 Å². The lowest BCUT2D eigenvalue weighted by molar-refractivity contribution is 0.230. The molecule has 112 valence electrons. The summed E-state index contributed by atoms with van der Waals surface area (Å²) in [6.45, 7) is 6.98. The van der Waals surface area contributed by atoms with E-state index in [1.165, 1.54) is 32.4 Å². The fraction of sp³-hybridized carbons (Fsp3) is 0.529. The maximum Gasteiger partial charge on any atom is 0.0907 e. The van der Waals surface area contributed by atoms with Crippen LogP contribution in [0.4, 0.5) is 5.69 Å². The van der Waals surface area contributed by atoms with Crippen LogP contribution < -0.4 is 5.32 Å². The second-order valence-electron chi connectivity index (χ2n) is 6.16. The molecule has 0 aliphatic carbocycles. The Balaban J connectivity index is 1.67. The highest BCUT2D eigenvalue weighted by molar-refractivity contribution is 5.78. The Kier molecular flexibility index (Phi) is 4.34. The number of likely N-dealkylation sites (tertiary alicyclic amines) is 1. The van der Waals surface area contributed by atoms with Gasteiger partial charge in [0.25, 0.3) is 0 Å². The quantitative estimate of drug-likeness (QED) is 0.939. The molecule has 1 saturated heterocycles. The van der Waals surface area contributed by atoms with Crippen molar-refractivity contribution in [2.24, 2.45) is 0 Å². The van der Waals surface area contributed by atoms with E-state index < -0.39 is 0 Å². The van der Waals surface area contributed by atoms with Crippen LogP contribution in [-0.4, -0.2) is 40.0 Å². The summed E-state index contributed by atoms with van der Waals surface area (Å²) in [5, 5.41) is 3.68. The Morgan fingerprint density at radius 1 is 1.10 bits per heavy atom. The summed E-state index contributed by atoms with van der Waals surface area (Å²) >= 11 is 0. The molecule has 0 saturated carbocycles. The highest BCUT2D eigenvalue weighted by Gasteiger charge is 2.18.